The van der Waals surface area contributed by atoms with Crippen molar-refractivity contribution < 1.29 is 33.8 Å². The Morgan fingerprint density at radius 2 is 1.00 bits per heavy atom. The third kappa shape index (κ3) is 9.11. The van der Waals surface area contributed by atoms with Crippen molar-refractivity contribution in [1.82, 2.24) is 4.90 Å². The number of piperazine rings is 1. The smallest absolute Gasteiger partial charge is 0.310 e. The number of rotatable bonds is 9. The number of ether oxygens (including phenoxy) is 2. The van der Waals surface area contributed by atoms with Crippen molar-refractivity contribution in [2.75, 3.05) is 31.1 Å². The van der Waals surface area contributed by atoms with Crippen LogP contribution in [0.1, 0.15) is 75.3 Å². The van der Waals surface area contributed by atoms with Crippen molar-refractivity contribution in [2.24, 2.45) is 34.5 Å². The number of carboxylic acids is 1. The van der Waals surface area contributed by atoms with E-state index in [1.165, 1.54) is 18.5 Å². The number of carbonyl (C=O) groups is 4. The monoisotopic (exact) mass is 720 g/mol. The molecule has 53 heavy (non-hydrogen) atoms. The molecule has 4 atom stereocenters. The highest BCUT2D eigenvalue weighted by Crippen LogP contribution is 2.60. The molecule has 8 rings (SSSR count). The number of anilines is 1. The first-order valence-corrected chi connectivity index (χ1v) is 19.5. The summed E-state index contributed by atoms with van der Waals surface area (Å²) in [6.07, 6.45) is 9.52. The summed E-state index contributed by atoms with van der Waals surface area (Å²) in [5, 5.41) is 9.33. The number of carboxylic acid groups (broad SMARTS) is 1. The first-order valence-electron chi connectivity index (χ1n) is 19.5. The molecule has 0 aromatic heterocycles. The van der Waals surface area contributed by atoms with E-state index in [1.807, 2.05) is 83.8 Å². The van der Waals surface area contributed by atoms with Gasteiger partial charge in [0.05, 0.1) is 23.7 Å². The van der Waals surface area contributed by atoms with Crippen LogP contribution in [0.25, 0.3) is 0 Å². The van der Waals surface area contributed by atoms with Crippen LogP contribution in [0.2, 0.25) is 0 Å². The lowest BCUT2D eigenvalue weighted by atomic mass is 9.71. The summed E-state index contributed by atoms with van der Waals surface area (Å²) in [6, 6.07) is 29.6. The largest absolute Gasteiger partial charge is 0.481 e. The quantitative estimate of drug-likeness (QED) is 0.230. The molecule has 1 amide bonds. The van der Waals surface area contributed by atoms with E-state index in [-0.39, 0.29) is 48.3 Å². The van der Waals surface area contributed by atoms with Crippen LogP contribution in [-0.4, -0.2) is 60.0 Å². The van der Waals surface area contributed by atoms with Crippen molar-refractivity contribution in [3.8, 4) is 0 Å². The van der Waals surface area contributed by atoms with Gasteiger partial charge in [0.15, 0.2) is 0 Å². The molecule has 0 bridgehead atoms. The highest BCUT2D eigenvalue weighted by molar-refractivity contribution is 5.86. The van der Waals surface area contributed by atoms with Crippen LogP contribution in [0.15, 0.2) is 91.0 Å². The summed E-state index contributed by atoms with van der Waals surface area (Å²) < 4.78 is 11.1. The summed E-state index contributed by atoms with van der Waals surface area (Å²) in [5.74, 6) is -2.88. The van der Waals surface area contributed by atoms with Gasteiger partial charge in [0, 0.05) is 31.9 Å². The molecule has 2 spiro atoms. The summed E-state index contributed by atoms with van der Waals surface area (Å²) >= 11 is 0. The third-order valence-electron chi connectivity index (χ3n) is 12.6. The maximum atomic E-state index is 13.5. The van der Waals surface area contributed by atoms with E-state index in [9.17, 15) is 24.3 Å². The molecule has 5 fully saturated rings. The molecule has 1 aliphatic heterocycles. The van der Waals surface area contributed by atoms with E-state index >= 15 is 0 Å². The number of nitrogens with zero attached hydrogens (tertiary/aromatic N) is 2. The minimum atomic E-state index is -0.868. The van der Waals surface area contributed by atoms with Crippen LogP contribution >= 0.6 is 0 Å². The summed E-state index contributed by atoms with van der Waals surface area (Å²) in [5.41, 5.74) is 3.64. The Morgan fingerprint density at radius 1 is 0.566 bits per heavy atom. The SMILES string of the molecule is O=C(O)[C@H]1CCC2(CC2)C[C@@H]1C(=O)OCc1ccccc1.O=C(OCc1ccccc1)[C@H]1CC2(CC[C@@H]1C(=O)N1CCN(c3ccccc3)CC1)CC2. The molecule has 9 nitrogen and oxygen atoms in total. The van der Waals surface area contributed by atoms with E-state index in [4.69, 9.17) is 9.47 Å². The lowest BCUT2D eigenvalue weighted by Crippen LogP contribution is -2.52. The molecule has 280 valence electrons. The fourth-order valence-corrected chi connectivity index (χ4v) is 8.83. The number of benzene rings is 3. The lowest BCUT2D eigenvalue weighted by molar-refractivity contribution is -0.162. The maximum Gasteiger partial charge on any atom is 0.310 e. The number of esters is 2. The van der Waals surface area contributed by atoms with E-state index < -0.39 is 17.8 Å². The molecule has 4 aliphatic carbocycles. The van der Waals surface area contributed by atoms with Gasteiger partial charge in [-0.15, -0.1) is 0 Å². The first kappa shape index (κ1) is 36.7. The molecular formula is C44H52N2O7. The van der Waals surface area contributed by atoms with Gasteiger partial charge in [-0.05, 0) is 98.3 Å². The van der Waals surface area contributed by atoms with Crippen molar-refractivity contribution in [3.05, 3.63) is 102 Å². The van der Waals surface area contributed by atoms with Gasteiger partial charge in [-0.1, -0.05) is 78.9 Å². The van der Waals surface area contributed by atoms with Crippen LogP contribution in [-0.2, 0) is 41.9 Å². The second-order valence-electron chi connectivity index (χ2n) is 16.1. The molecule has 0 radical (unpaired) electrons. The molecule has 1 N–H and O–H groups in total. The summed E-state index contributed by atoms with van der Waals surface area (Å²) in [4.78, 5) is 54.6. The average Bonchev–Trinajstić information content (AvgIpc) is 4.15. The molecule has 9 heteroatoms. The number of para-hydroxylation sites is 1. The second-order valence-corrected chi connectivity index (χ2v) is 16.1. The first-order chi connectivity index (χ1) is 25.7. The topological polar surface area (TPSA) is 113 Å². The van der Waals surface area contributed by atoms with Crippen molar-refractivity contribution in [3.63, 3.8) is 0 Å². The second kappa shape index (κ2) is 16.1. The summed E-state index contributed by atoms with van der Waals surface area (Å²) in [7, 11) is 0. The number of aliphatic carboxylic acids is 1. The molecule has 0 unspecified atom stereocenters. The Kier molecular flexibility index (Phi) is 11.2. The Labute approximate surface area is 312 Å². The van der Waals surface area contributed by atoms with E-state index in [1.54, 1.807) is 0 Å². The highest BCUT2D eigenvalue weighted by Gasteiger charge is 2.54. The van der Waals surface area contributed by atoms with Crippen LogP contribution in [0.5, 0.6) is 0 Å². The van der Waals surface area contributed by atoms with E-state index in [0.717, 1.165) is 62.7 Å². The Bertz CT molecular complexity index is 1720. The normalized spacial score (nSPS) is 25.1. The molecule has 4 saturated carbocycles. The number of carbonyl (C=O) groups excluding carboxylic acids is 3. The number of hydrogen-bond acceptors (Lipinski definition) is 7. The van der Waals surface area contributed by atoms with E-state index in [2.05, 4.69) is 17.0 Å². The molecule has 1 saturated heterocycles. The Hall–Kier alpha value is -4.66. The highest BCUT2D eigenvalue weighted by atomic mass is 16.5. The minimum Gasteiger partial charge on any atom is -0.481 e. The molecule has 5 aliphatic rings. The lowest BCUT2D eigenvalue weighted by Gasteiger charge is -2.41. The zero-order valence-corrected chi connectivity index (χ0v) is 30.6. The van der Waals surface area contributed by atoms with E-state index in [0.29, 0.717) is 31.3 Å². The maximum absolute atomic E-state index is 13.5. The fraction of sp³-hybridized carbons (Fsp3) is 0.500. The summed E-state index contributed by atoms with van der Waals surface area (Å²) in [6.45, 7) is 3.57. The Balaban J connectivity index is 0.000000179. The van der Waals surface area contributed by atoms with Crippen LogP contribution < -0.4 is 4.90 Å². The third-order valence-corrected chi connectivity index (χ3v) is 12.6. The van der Waals surface area contributed by atoms with Gasteiger partial charge >= 0.3 is 17.9 Å². The molecule has 3 aromatic rings. The molecule has 3 aromatic carbocycles. The minimum absolute atomic E-state index is 0.148. The zero-order chi connectivity index (χ0) is 36.8. The van der Waals surface area contributed by atoms with Crippen molar-refractivity contribution in [2.45, 2.75) is 77.4 Å². The van der Waals surface area contributed by atoms with Crippen molar-refractivity contribution in [1.29, 1.82) is 0 Å². The Morgan fingerprint density at radius 3 is 1.45 bits per heavy atom. The van der Waals surface area contributed by atoms with Gasteiger partial charge in [0.2, 0.25) is 5.91 Å². The van der Waals surface area contributed by atoms with Gasteiger partial charge in [-0.3, -0.25) is 19.2 Å². The predicted octanol–water partition coefficient (Wildman–Crippen LogP) is 7.29. The van der Waals surface area contributed by atoms with Crippen LogP contribution in [0.4, 0.5) is 5.69 Å². The van der Waals surface area contributed by atoms with Crippen molar-refractivity contribution >= 4 is 29.5 Å². The van der Waals surface area contributed by atoms with Crippen LogP contribution in [0.3, 0.4) is 0 Å². The standard InChI is InChI=1S/C27H32N2O3.C17H20O4/c30-25(29-17-15-28(16-18-29)22-9-5-2-6-10-22)23-11-12-27(13-14-27)19-24(23)26(31)32-20-21-7-3-1-4-8-21;18-15(19)13-6-7-17(8-9-17)10-14(13)16(20)21-11-12-4-2-1-3-5-12/h1-10,23-24H,11-20H2;1-5,13-14H,6-11H2,(H,18,19)/t23-,24-;13-,14-/m00/s1. The number of hydrogen-bond donors (Lipinski definition) is 1. The molecule has 1 heterocycles. The van der Waals surface area contributed by atoms with Gasteiger partial charge < -0.3 is 24.4 Å². The zero-order valence-electron chi connectivity index (χ0n) is 30.6. The number of amides is 1. The molecular weight excluding hydrogens is 668 g/mol. The average molecular weight is 721 g/mol. The predicted molar refractivity (Wildman–Crippen MR) is 200 cm³/mol. The fourth-order valence-electron chi connectivity index (χ4n) is 8.83. The van der Waals surface area contributed by atoms with Crippen LogP contribution in [0, 0.1) is 34.5 Å². The van der Waals surface area contributed by atoms with Gasteiger partial charge in [0.25, 0.3) is 0 Å². The van der Waals surface area contributed by atoms with Gasteiger partial charge in [-0.2, -0.15) is 0 Å². The van der Waals surface area contributed by atoms with Gasteiger partial charge in [-0.25, -0.2) is 0 Å². The van der Waals surface area contributed by atoms with Gasteiger partial charge in [0.1, 0.15) is 13.2 Å².